The maximum atomic E-state index is 13.3. The first-order chi connectivity index (χ1) is 13.2. The van der Waals surface area contributed by atoms with Gasteiger partial charge < -0.3 is 9.80 Å². The van der Waals surface area contributed by atoms with Crippen molar-refractivity contribution in [2.75, 3.05) is 24.5 Å². The monoisotopic (exact) mass is 363 g/mol. The normalized spacial score (nSPS) is 17.3. The van der Waals surface area contributed by atoms with Gasteiger partial charge >= 0.3 is 0 Å². The summed E-state index contributed by atoms with van der Waals surface area (Å²) >= 11 is 0. The van der Waals surface area contributed by atoms with Crippen molar-refractivity contribution in [3.63, 3.8) is 0 Å². The van der Waals surface area contributed by atoms with Gasteiger partial charge in [-0.15, -0.1) is 0 Å². The second kappa shape index (κ2) is 7.40. The second-order valence-corrected chi connectivity index (χ2v) is 7.22. The first-order valence-corrected chi connectivity index (χ1v) is 9.49. The van der Waals surface area contributed by atoms with E-state index in [2.05, 4.69) is 11.0 Å². The predicted octanol–water partition coefficient (Wildman–Crippen LogP) is 4.22. The Balaban J connectivity index is 1.58. The summed E-state index contributed by atoms with van der Waals surface area (Å²) in [7, 11) is 0. The number of carbonyl (C=O) groups excluding carboxylic acids is 1. The lowest BCUT2D eigenvalue weighted by atomic mass is 9.97. The average molecular weight is 363 g/mol. The summed E-state index contributed by atoms with van der Waals surface area (Å²) in [6, 6.07) is 15.6. The Bertz CT molecular complexity index is 879. The maximum Gasteiger partial charge on any atom is 0.253 e. The van der Waals surface area contributed by atoms with Gasteiger partial charge in [0.25, 0.3) is 5.91 Å². The standard InChI is InChI=1S/C22H22FN3O/c23-19-9-12-25(13-10-19)22(27)18-5-8-21-17(14-18)2-1-11-26(21)20-6-3-16(15-24)4-7-20/h3-8,14,19H,1-2,9-13H2. The molecule has 0 aromatic heterocycles. The molecule has 1 amide bonds. The minimum atomic E-state index is -0.779. The zero-order valence-electron chi connectivity index (χ0n) is 15.2. The molecule has 1 saturated heterocycles. The van der Waals surface area contributed by atoms with Gasteiger partial charge in [-0.3, -0.25) is 4.79 Å². The largest absolute Gasteiger partial charge is 0.341 e. The lowest BCUT2D eigenvalue weighted by Crippen LogP contribution is -2.39. The number of likely N-dealkylation sites (tertiary alicyclic amines) is 1. The van der Waals surface area contributed by atoms with E-state index in [0.29, 0.717) is 37.1 Å². The first kappa shape index (κ1) is 17.5. The molecule has 0 spiro atoms. The van der Waals surface area contributed by atoms with Crippen molar-refractivity contribution in [1.29, 1.82) is 5.26 Å². The summed E-state index contributed by atoms with van der Waals surface area (Å²) in [6.07, 6.45) is 2.04. The summed E-state index contributed by atoms with van der Waals surface area (Å²) in [5.41, 5.74) is 4.67. The van der Waals surface area contributed by atoms with Crippen LogP contribution in [0.25, 0.3) is 0 Å². The zero-order chi connectivity index (χ0) is 18.8. The molecule has 0 saturated carbocycles. The lowest BCUT2D eigenvalue weighted by Gasteiger charge is -2.32. The first-order valence-electron chi connectivity index (χ1n) is 9.49. The van der Waals surface area contributed by atoms with E-state index < -0.39 is 6.17 Å². The van der Waals surface area contributed by atoms with Crippen LogP contribution < -0.4 is 4.90 Å². The molecule has 4 rings (SSSR count). The fraction of sp³-hybridized carbons (Fsp3) is 0.364. The smallest absolute Gasteiger partial charge is 0.253 e. The van der Waals surface area contributed by atoms with Crippen molar-refractivity contribution in [3.8, 4) is 6.07 Å². The van der Waals surface area contributed by atoms with Crippen molar-refractivity contribution >= 4 is 17.3 Å². The van der Waals surface area contributed by atoms with Crippen molar-refractivity contribution in [1.82, 2.24) is 4.90 Å². The van der Waals surface area contributed by atoms with Gasteiger partial charge in [0.1, 0.15) is 6.17 Å². The highest BCUT2D eigenvalue weighted by atomic mass is 19.1. The van der Waals surface area contributed by atoms with Crippen LogP contribution in [0, 0.1) is 11.3 Å². The van der Waals surface area contributed by atoms with Gasteiger partial charge in [0, 0.05) is 36.6 Å². The lowest BCUT2D eigenvalue weighted by molar-refractivity contribution is 0.0667. The molecule has 0 unspecified atom stereocenters. The zero-order valence-corrected chi connectivity index (χ0v) is 15.2. The molecule has 0 atom stereocenters. The number of carbonyl (C=O) groups is 1. The summed E-state index contributed by atoms with van der Waals surface area (Å²) in [6.45, 7) is 1.90. The van der Waals surface area contributed by atoms with Gasteiger partial charge in [-0.1, -0.05) is 0 Å². The van der Waals surface area contributed by atoms with Crippen molar-refractivity contribution < 1.29 is 9.18 Å². The number of aryl methyl sites for hydroxylation is 1. The van der Waals surface area contributed by atoms with E-state index in [1.807, 2.05) is 42.5 Å². The number of halogens is 1. The second-order valence-electron chi connectivity index (χ2n) is 7.22. The van der Waals surface area contributed by atoms with Crippen molar-refractivity contribution in [2.45, 2.75) is 31.9 Å². The minimum absolute atomic E-state index is 0.000182. The molecule has 2 aromatic carbocycles. The van der Waals surface area contributed by atoms with Gasteiger partial charge in [0.05, 0.1) is 11.6 Å². The summed E-state index contributed by atoms with van der Waals surface area (Å²) in [4.78, 5) is 16.8. The van der Waals surface area contributed by atoms with Crippen LogP contribution in [0.15, 0.2) is 42.5 Å². The summed E-state index contributed by atoms with van der Waals surface area (Å²) < 4.78 is 13.3. The maximum absolute atomic E-state index is 13.3. The highest BCUT2D eigenvalue weighted by molar-refractivity contribution is 5.95. The molecule has 5 heteroatoms. The predicted molar refractivity (Wildman–Crippen MR) is 103 cm³/mol. The fourth-order valence-corrected chi connectivity index (χ4v) is 3.95. The number of anilines is 2. The number of amides is 1. The van der Waals surface area contributed by atoms with Crippen molar-refractivity contribution in [3.05, 3.63) is 59.2 Å². The molecule has 2 heterocycles. The Morgan fingerprint density at radius 1 is 1.07 bits per heavy atom. The van der Waals surface area contributed by atoms with Gasteiger partial charge in [0.2, 0.25) is 0 Å². The Morgan fingerprint density at radius 3 is 2.52 bits per heavy atom. The SMILES string of the molecule is N#Cc1ccc(N2CCCc3cc(C(=O)N4CCC(F)CC4)ccc32)cc1. The number of nitriles is 1. The number of nitrogens with zero attached hydrogens (tertiary/aromatic N) is 3. The molecule has 0 N–H and O–H groups in total. The highest BCUT2D eigenvalue weighted by Crippen LogP contribution is 2.34. The van der Waals surface area contributed by atoms with Gasteiger partial charge in [-0.2, -0.15) is 5.26 Å². The Labute approximate surface area is 158 Å². The van der Waals surface area contributed by atoms with E-state index >= 15 is 0 Å². The molecular weight excluding hydrogens is 341 g/mol. The van der Waals surface area contributed by atoms with Crippen LogP contribution in [0.2, 0.25) is 0 Å². The molecule has 138 valence electrons. The van der Waals surface area contributed by atoms with Gasteiger partial charge in [0.15, 0.2) is 0 Å². The third kappa shape index (κ3) is 3.52. The topological polar surface area (TPSA) is 47.3 Å². The van der Waals surface area contributed by atoms with Crippen LogP contribution in [0.4, 0.5) is 15.8 Å². The van der Waals surface area contributed by atoms with Crippen LogP contribution in [-0.2, 0) is 6.42 Å². The van der Waals surface area contributed by atoms with Gasteiger partial charge in [-0.05, 0) is 73.7 Å². The third-order valence-corrected chi connectivity index (χ3v) is 5.46. The number of hydrogen-bond donors (Lipinski definition) is 0. The third-order valence-electron chi connectivity index (χ3n) is 5.46. The van der Waals surface area contributed by atoms with Gasteiger partial charge in [-0.25, -0.2) is 4.39 Å². The molecule has 2 aromatic rings. The molecular formula is C22H22FN3O. The Hall–Kier alpha value is -2.87. The molecule has 2 aliphatic heterocycles. The van der Waals surface area contributed by atoms with Crippen LogP contribution >= 0.6 is 0 Å². The molecule has 0 radical (unpaired) electrons. The van der Waals surface area contributed by atoms with E-state index in [0.717, 1.165) is 36.3 Å². The molecule has 4 nitrogen and oxygen atoms in total. The van der Waals surface area contributed by atoms with Crippen LogP contribution in [0.3, 0.4) is 0 Å². The summed E-state index contributed by atoms with van der Waals surface area (Å²) in [5, 5.41) is 8.98. The van der Waals surface area contributed by atoms with E-state index in [9.17, 15) is 9.18 Å². The number of piperidine rings is 1. The van der Waals surface area contributed by atoms with E-state index in [1.165, 1.54) is 0 Å². The summed E-state index contributed by atoms with van der Waals surface area (Å²) in [5.74, 6) is 0.000182. The molecule has 1 fully saturated rings. The molecule has 27 heavy (non-hydrogen) atoms. The average Bonchev–Trinajstić information content (AvgIpc) is 2.73. The fourth-order valence-electron chi connectivity index (χ4n) is 3.95. The van der Waals surface area contributed by atoms with E-state index in [1.54, 1.807) is 4.90 Å². The number of hydrogen-bond acceptors (Lipinski definition) is 3. The minimum Gasteiger partial charge on any atom is -0.341 e. The highest BCUT2D eigenvalue weighted by Gasteiger charge is 2.25. The number of alkyl halides is 1. The molecule has 0 aliphatic carbocycles. The van der Waals surface area contributed by atoms with Crippen molar-refractivity contribution in [2.24, 2.45) is 0 Å². The van der Waals surface area contributed by atoms with Crippen LogP contribution in [-0.4, -0.2) is 36.6 Å². The number of benzene rings is 2. The van der Waals surface area contributed by atoms with Crippen LogP contribution in [0.1, 0.15) is 40.7 Å². The Morgan fingerprint density at radius 2 is 1.81 bits per heavy atom. The molecule has 0 bridgehead atoms. The molecule has 2 aliphatic rings. The van der Waals surface area contributed by atoms with E-state index in [4.69, 9.17) is 5.26 Å². The van der Waals surface area contributed by atoms with Crippen LogP contribution in [0.5, 0.6) is 0 Å². The van der Waals surface area contributed by atoms with E-state index in [-0.39, 0.29) is 5.91 Å². The quantitative estimate of drug-likeness (QED) is 0.803. The number of rotatable bonds is 2. The number of fused-ring (bicyclic) bond motifs is 1. The Kier molecular flexibility index (Phi) is 4.81.